The van der Waals surface area contributed by atoms with E-state index < -0.39 is 0 Å². The van der Waals surface area contributed by atoms with E-state index in [-0.39, 0.29) is 11.7 Å². The van der Waals surface area contributed by atoms with E-state index in [1.54, 1.807) is 6.92 Å². The number of nitrogens with zero attached hydrogens (tertiary/aromatic N) is 4. The number of aryl methyl sites for hydroxylation is 1. The Kier molecular flexibility index (Phi) is 4.84. The van der Waals surface area contributed by atoms with Gasteiger partial charge in [-0.2, -0.15) is 0 Å². The fourth-order valence-corrected chi connectivity index (χ4v) is 2.52. The third kappa shape index (κ3) is 3.41. The van der Waals surface area contributed by atoms with Gasteiger partial charge in [-0.25, -0.2) is 0 Å². The zero-order valence-corrected chi connectivity index (χ0v) is 12.7. The number of hydrogen-bond acceptors (Lipinski definition) is 5. The normalized spacial score (nSPS) is 10.8. The average molecular weight is 294 g/mol. The van der Waals surface area contributed by atoms with E-state index in [9.17, 15) is 4.79 Å². The van der Waals surface area contributed by atoms with Crippen LogP contribution in [0.1, 0.15) is 18.4 Å². The minimum absolute atomic E-state index is 0.232. The van der Waals surface area contributed by atoms with E-state index in [1.165, 1.54) is 17.5 Å². The first-order valence-corrected chi connectivity index (χ1v) is 7.37. The molecule has 6 nitrogen and oxygen atoms in total. The lowest BCUT2D eigenvalue weighted by Gasteiger charge is -2.05. The average Bonchev–Trinajstić information content (AvgIpc) is 2.97. The zero-order valence-electron chi connectivity index (χ0n) is 11.9. The van der Waals surface area contributed by atoms with Crippen LogP contribution in [-0.4, -0.2) is 37.7 Å². The molecule has 2 aromatic rings. The van der Waals surface area contributed by atoms with Gasteiger partial charge in [0.25, 0.3) is 0 Å². The maximum absolute atomic E-state index is 11.3. The highest BCUT2D eigenvalue weighted by Gasteiger charge is 2.13. The molecule has 0 radical (unpaired) electrons. The zero-order chi connectivity index (χ0) is 14.5. The van der Waals surface area contributed by atoms with Crippen molar-refractivity contribution in [2.45, 2.75) is 18.5 Å². The number of aromatic nitrogens is 4. The molecule has 0 spiro atoms. The molecular formula is C13H18N4O2S. The van der Waals surface area contributed by atoms with Crippen molar-refractivity contribution in [1.29, 1.82) is 0 Å². The maximum Gasteiger partial charge on any atom is 0.316 e. The van der Waals surface area contributed by atoms with Gasteiger partial charge in [-0.05, 0) is 19.1 Å². The Labute approximate surface area is 122 Å². The van der Waals surface area contributed by atoms with E-state index in [1.807, 2.05) is 30.9 Å². The molecule has 0 aliphatic rings. The van der Waals surface area contributed by atoms with Gasteiger partial charge in [0.05, 0.1) is 12.4 Å². The van der Waals surface area contributed by atoms with Gasteiger partial charge < -0.3 is 13.9 Å². The lowest BCUT2D eigenvalue weighted by Crippen LogP contribution is -2.08. The molecule has 7 heteroatoms. The fraction of sp³-hybridized carbons (Fsp3) is 0.462. The molecule has 108 valence electrons. The summed E-state index contributed by atoms with van der Waals surface area (Å²) < 4.78 is 8.86. The van der Waals surface area contributed by atoms with Crippen molar-refractivity contribution in [3.63, 3.8) is 0 Å². The number of carbonyl (C=O) groups excluding carboxylic acids is 1. The van der Waals surface area contributed by atoms with Gasteiger partial charge in [0, 0.05) is 32.4 Å². The Bertz CT molecular complexity index is 591. The van der Waals surface area contributed by atoms with Crippen molar-refractivity contribution in [1.82, 2.24) is 19.3 Å². The topological polar surface area (TPSA) is 61.9 Å². The highest BCUT2D eigenvalue weighted by molar-refractivity contribution is 7.99. The minimum Gasteiger partial charge on any atom is -0.465 e. The number of esters is 1. The van der Waals surface area contributed by atoms with Gasteiger partial charge in [0.1, 0.15) is 5.82 Å². The quantitative estimate of drug-likeness (QED) is 0.595. The molecule has 0 saturated heterocycles. The molecule has 0 saturated carbocycles. The number of hydrogen-bond donors (Lipinski definition) is 0. The second-order valence-electron chi connectivity index (χ2n) is 4.34. The summed E-state index contributed by atoms with van der Waals surface area (Å²) in [5, 5.41) is 9.02. The Morgan fingerprint density at radius 3 is 2.85 bits per heavy atom. The third-order valence-corrected chi connectivity index (χ3v) is 3.93. The first-order valence-electron chi connectivity index (χ1n) is 6.38. The van der Waals surface area contributed by atoms with Gasteiger partial charge in [0.15, 0.2) is 5.16 Å². The van der Waals surface area contributed by atoms with Crippen LogP contribution in [0.5, 0.6) is 0 Å². The van der Waals surface area contributed by atoms with Crippen LogP contribution in [0, 0.1) is 0 Å². The lowest BCUT2D eigenvalue weighted by atomic mass is 10.3. The molecule has 2 aromatic heterocycles. The molecule has 2 rings (SSSR count). The smallest absolute Gasteiger partial charge is 0.316 e. The number of ether oxygens (including phenoxy) is 1. The predicted molar refractivity (Wildman–Crippen MR) is 76.6 cm³/mol. The van der Waals surface area contributed by atoms with Crippen LogP contribution >= 0.6 is 11.8 Å². The highest BCUT2D eigenvalue weighted by Crippen LogP contribution is 2.17. The molecule has 20 heavy (non-hydrogen) atoms. The number of thioether (sulfide) groups is 1. The fourth-order valence-electron chi connectivity index (χ4n) is 1.79. The van der Waals surface area contributed by atoms with Crippen LogP contribution in [0.3, 0.4) is 0 Å². The van der Waals surface area contributed by atoms with Gasteiger partial charge in [-0.15, -0.1) is 10.2 Å². The third-order valence-electron chi connectivity index (χ3n) is 2.94. The van der Waals surface area contributed by atoms with Crippen LogP contribution in [0.15, 0.2) is 23.5 Å². The molecule has 0 N–H and O–H groups in total. The van der Waals surface area contributed by atoms with Crippen molar-refractivity contribution in [2.24, 2.45) is 14.1 Å². The van der Waals surface area contributed by atoms with Crippen molar-refractivity contribution in [2.75, 3.05) is 12.4 Å². The van der Waals surface area contributed by atoms with Crippen LogP contribution in [0.4, 0.5) is 0 Å². The second kappa shape index (κ2) is 6.60. The van der Waals surface area contributed by atoms with Gasteiger partial charge >= 0.3 is 5.97 Å². The van der Waals surface area contributed by atoms with Crippen molar-refractivity contribution >= 4 is 17.7 Å². The Morgan fingerprint density at radius 1 is 1.40 bits per heavy atom. The molecular weight excluding hydrogens is 276 g/mol. The molecule has 0 fully saturated rings. The predicted octanol–water partition coefficient (Wildman–Crippen LogP) is 1.40. The Balaban J connectivity index is 2.00. The van der Waals surface area contributed by atoms with E-state index in [4.69, 9.17) is 4.74 Å². The van der Waals surface area contributed by atoms with Crippen molar-refractivity contribution < 1.29 is 9.53 Å². The highest BCUT2D eigenvalue weighted by atomic mass is 32.2. The van der Waals surface area contributed by atoms with Crippen molar-refractivity contribution in [3.8, 4) is 0 Å². The maximum atomic E-state index is 11.3. The molecule has 0 aliphatic heterocycles. The van der Waals surface area contributed by atoms with E-state index >= 15 is 0 Å². The summed E-state index contributed by atoms with van der Waals surface area (Å²) in [6, 6.07) is 4.06. The van der Waals surface area contributed by atoms with Gasteiger partial charge in [-0.3, -0.25) is 4.79 Å². The summed E-state index contributed by atoms with van der Waals surface area (Å²) in [6.07, 6.45) is 2.72. The largest absolute Gasteiger partial charge is 0.465 e. The monoisotopic (exact) mass is 294 g/mol. The summed E-state index contributed by atoms with van der Waals surface area (Å²) in [6.45, 7) is 2.19. The Hall–Kier alpha value is -1.76. The van der Waals surface area contributed by atoms with E-state index in [2.05, 4.69) is 20.8 Å². The summed E-state index contributed by atoms with van der Waals surface area (Å²) in [5.74, 6) is 0.895. The first-order chi connectivity index (χ1) is 9.61. The molecule has 2 heterocycles. The molecule has 0 aromatic carbocycles. The van der Waals surface area contributed by atoms with Gasteiger partial charge in [0.2, 0.25) is 0 Å². The number of rotatable bonds is 6. The van der Waals surface area contributed by atoms with Crippen LogP contribution in [0.25, 0.3) is 0 Å². The van der Waals surface area contributed by atoms with Gasteiger partial charge in [-0.1, -0.05) is 11.8 Å². The van der Waals surface area contributed by atoms with E-state index in [0.29, 0.717) is 13.0 Å². The van der Waals surface area contributed by atoms with Crippen LogP contribution in [-0.2, 0) is 30.0 Å². The lowest BCUT2D eigenvalue weighted by molar-refractivity contribution is -0.139. The van der Waals surface area contributed by atoms with Crippen LogP contribution < -0.4 is 0 Å². The minimum atomic E-state index is -0.232. The summed E-state index contributed by atoms with van der Waals surface area (Å²) in [7, 11) is 3.91. The molecule has 0 amide bonds. The summed E-state index contributed by atoms with van der Waals surface area (Å²) in [5.41, 5.74) is 1.17. The van der Waals surface area contributed by atoms with E-state index in [0.717, 1.165) is 11.0 Å². The molecule has 0 bridgehead atoms. The summed E-state index contributed by atoms with van der Waals surface area (Å²) >= 11 is 1.34. The second-order valence-corrected chi connectivity index (χ2v) is 5.28. The first kappa shape index (κ1) is 14.6. The molecule has 0 aliphatic carbocycles. The number of carbonyl (C=O) groups is 1. The Morgan fingerprint density at radius 2 is 2.20 bits per heavy atom. The van der Waals surface area contributed by atoms with Crippen molar-refractivity contribution in [3.05, 3.63) is 29.8 Å². The van der Waals surface area contributed by atoms with Crippen LogP contribution in [0.2, 0.25) is 0 Å². The SMILES string of the molecule is CCOC(=O)CSc1nnc(Cc2cccn2C)n1C. The standard InChI is InChI=1S/C13H18N4O2S/c1-4-19-12(18)9-20-13-15-14-11(17(13)3)8-10-6-5-7-16(10)2/h5-7H,4,8-9H2,1-3H3. The molecule has 0 atom stereocenters. The molecule has 0 unspecified atom stereocenters. The summed E-state index contributed by atoms with van der Waals surface area (Å²) in [4.78, 5) is 11.3.